The third kappa shape index (κ3) is 2.71. The summed E-state index contributed by atoms with van der Waals surface area (Å²) in [5, 5.41) is 3.89. The van der Waals surface area contributed by atoms with E-state index in [4.69, 9.17) is 16.1 Å². The average Bonchev–Trinajstić information content (AvgIpc) is 3.19. The summed E-state index contributed by atoms with van der Waals surface area (Å²) in [5.41, 5.74) is 2.12. The number of anilines is 1. The van der Waals surface area contributed by atoms with Crippen LogP contribution in [0, 0.1) is 6.92 Å². The van der Waals surface area contributed by atoms with Crippen LogP contribution >= 0.6 is 23.4 Å². The third-order valence-corrected chi connectivity index (χ3v) is 8.72. The first-order chi connectivity index (χ1) is 12.4. The Bertz CT molecular complexity index is 1040. The number of fused-ring (bicyclic) bond motifs is 1. The van der Waals surface area contributed by atoms with Crippen LogP contribution in [0.5, 0.6) is 0 Å². The van der Waals surface area contributed by atoms with Crippen molar-refractivity contribution >= 4 is 39.3 Å². The van der Waals surface area contributed by atoms with Gasteiger partial charge in [0.25, 0.3) is 15.9 Å². The van der Waals surface area contributed by atoms with Crippen molar-refractivity contribution in [3.63, 3.8) is 0 Å². The van der Waals surface area contributed by atoms with Crippen molar-refractivity contribution in [2.24, 2.45) is 0 Å². The van der Waals surface area contributed by atoms with Crippen LogP contribution < -0.4 is 4.72 Å². The standard InChI is InChI=1S/C18H15ClN2O3S2/c1-12-16(19)17(24-20-12)21-26(22,23)18(14-8-3-2-4-9-14)11-13-7-5-6-10-15(13)25-18/h2-10,21H,11H2,1H3. The largest absolute Gasteiger partial charge is 0.336 e. The molecule has 0 radical (unpaired) electrons. The van der Waals surface area contributed by atoms with E-state index < -0.39 is 14.1 Å². The molecule has 0 bridgehead atoms. The lowest BCUT2D eigenvalue weighted by Crippen LogP contribution is -2.37. The molecule has 0 aliphatic carbocycles. The number of benzene rings is 2. The van der Waals surface area contributed by atoms with Crippen molar-refractivity contribution in [2.75, 3.05) is 4.72 Å². The highest BCUT2D eigenvalue weighted by Gasteiger charge is 2.51. The third-order valence-electron chi connectivity index (χ3n) is 4.34. The molecule has 4 rings (SSSR count). The number of aryl methyl sites for hydroxylation is 1. The molecule has 134 valence electrons. The topological polar surface area (TPSA) is 72.2 Å². The molecule has 3 aromatic rings. The first-order valence-corrected chi connectivity index (χ1v) is 10.6. The normalized spacial score (nSPS) is 19.3. The number of nitrogens with one attached hydrogen (secondary N) is 1. The van der Waals surface area contributed by atoms with Gasteiger partial charge in [-0.15, -0.1) is 0 Å². The number of thioether (sulfide) groups is 1. The highest BCUT2D eigenvalue weighted by Crippen LogP contribution is 2.55. The summed E-state index contributed by atoms with van der Waals surface area (Å²) in [6.45, 7) is 1.65. The van der Waals surface area contributed by atoms with E-state index in [2.05, 4.69) is 9.88 Å². The van der Waals surface area contributed by atoms with Crippen LogP contribution in [0.15, 0.2) is 64.0 Å². The van der Waals surface area contributed by atoms with Crippen LogP contribution in [0.3, 0.4) is 0 Å². The molecule has 2 aromatic carbocycles. The molecule has 1 atom stereocenters. The molecule has 0 spiro atoms. The lowest BCUT2D eigenvalue weighted by Gasteiger charge is -2.28. The number of halogens is 1. The van der Waals surface area contributed by atoms with Crippen molar-refractivity contribution in [1.82, 2.24) is 5.16 Å². The van der Waals surface area contributed by atoms with E-state index in [0.717, 1.165) is 10.5 Å². The van der Waals surface area contributed by atoms with E-state index in [1.165, 1.54) is 11.8 Å². The fourth-order valence-corrected chi connectivity index (χ4v) is 6.60. The van der Waals surface area contributed by atoms with Crippen molar-refractivity contribution in [3.8, 4) is 0 Å². The molecule has 1 unspecified atom stereocenters. The molecule has 1 aromatic heterocycles. The molecule has 0 saturated heterocycles. The molecule has 1 aliphatic rings. The number of aromatic nitrogens is 1. The molecule has 5 nitrogen and oxygen atoms in total. The van der Waals surface area contributed by atoms with E-state index >= 15 is 0 Å². The fraction of sp³-hybridized carbons (Fsp3) is 0.167. The molecular formula is C18H15ClN2O3S2. The zero-order chi connectivity index (χ0) is 18.4. The first-order valence-electron chi connectivity index (χ1n) is 7.89. The van der Waals surface area contributed by atoms with Crippen molar-refractivity contribution in [1.29, 1.82) is 0 Å². The van der Waals surface area contributed by atoms with Gasteiger partial charge in [0, 0.05) is 11.3 Å². The van der Waals surface area contributed by atoms with Crippen molar-refractivity contribution in [3.05, 3.63) is 76.4 Å². The van der Waals surface area contributed by atoms with E-state index in [0.29, 0.717) is 17.7 Å². The van der Waals surface area contributed by atoms with Gasteiger partial charge in [0.1, 0.15) is 10.7 Å². The predicted molar refractivity (Wildman–Crippen MR) is 103 cm³/mol. The summed E-state index contributed by atoms with van der Waals surface area (Å²) >= 11 is 7.43. The molecule has 0 amide bonds. The Morgan fingerprint density at radius 3 is 2.50 bits per heavy atom. The Hall–Kier alpha value is -1.96. The Kier molecular flexibility index (Phi) is 4.25. The van der Waals surface area contributed by atoms with Gasteiger partial charge < -0.3 is 4.52 Å². The summed E-state index contributed by atoms with van der Waals surface area (Å²) in [7, 11) is -3.91. The van der Waals surface area contributed by atoms with Crippen LogP contribution in [0.4, 0.5) is 5.88 Å². The van der Waals surface area contributed by atoms with Gasteiger partial charge in [0.05, 0.1) is 0 Å². The van der Waals surface area contributed by atoms with Gasteiger partial charge in [-0.3, -0.25) is 0 Å². The number of sulfonamides is 1. The number of hydrogen-bond donors (Lipinski definition) is 1. The second-order valence-electron chi connectivity index (χ2n) is 6.02. The maximum absolute atomic E-state index is 13.5. The van der Waals surface area contributed by atoms with E-state index in [1.807, 2.05) is 54.6 Å². The lowest BCUT2D eigenvalue weighted by atomic mass is 10.0. The van der Waals surface area contributed by atoms with E-state index in [9.17, 15) is 8.42 Å². The minimum atomic E-state index is -3.91. The quantitative estimate of drug-likeness (QED) is 0.686. The van der Waals surface area contributed by atoms with Crippen LogP contribution in [-0.4, -0.2) is 13.6 Å². The lowest BCUT2D eigenvalue weighted by molar-refractivity contribution is 0.430. The van der Waals surface area contributed by atoms with E-state index in [-0.39, 0.29) is 10.9 Å². The number of hydrogen-bond acceptors (Lipinski definition) is 5. The highest BCUT2D eigenvalue weighted by molar-refractivity contribution is 8.14. The smallest absolute Gasteiger partial charge is 0.257 e. The summed E-state index contributed by atoms with van der Waals surface area (Å²) < 4.78 is 33.3. The van der Waals surface area contributed by atoms with Crippen LogP contribution in [0.2, 0.25) is 5.02 Å². The number of rotatable bonds is 4. The second-order valence-corrected chi connectivity index (χ2v) is 9.91. The maximum Gasteiger partial charge on any atom is 0.257 e. The molecule has 1 N–H and O–H groups in total. The summed E-state index contributed by atoms with van der Waals surface area (Å²) in [5.74, 6) is -0.0592. The van der Waals surface area contributed by atoms with Gasteiger partial charge in [0.2, 0.25) is 0 Å². The summed E-state index contributed by atoms with van der Waals surface area (Å²) in [4.78, 5) is 0.946. The van der Waals surface area contributed by atoms with Crippen molar-refractivity contribution < 1.29 is 12.9 Å². The summed E-state index contributed by atoms with van der Waals surface area (Å²) in [6, 6.07) is 16.9. The Morgan fingerprint density at radius 2 is 1.85 bits per heavy atom. The second kappa shape index (κ2) is 6.33. The minimum absolute atomic E-state index is 0.0592. The number of nitrogens with zero attached hydrogens (tertiary/aromatic N) is 1. The zero-order valence-corrected chi connectivity index (χ0v) is 16.2. The predicted octanol–water partition coefficient (Wildman–Crippen LogP) is 4.58. The van der Waals surface area contributed by atoms with Gasteiger partial charge in [-0.2, -0.15) is 0 Å². The molecule has 26 heavy (non-hydrogen) atoms. The first kappa shape index (κ1) is 17.5. The minimum Gasteiger partial charge on any atom is -0.336 e. The van der Waals surface area contributed by atoms with Crippen LogP contribution in [-0.2, 0) is 20.5 Å². The van der Waals surface area contributed by atoms with Crippen LogP contribution in [0.1, 0.15) is 16.8 Å². The van der Waals surface area contributed by atoms with E-state index in [1.54, 1.807) is 6.92 Å². The average molecular weight is 407 g/mol. The van der Waals surface area contributed by atoms with Crippen LogP contribution in [0.25, 0.3) is 0 Å². The zero-order valence-electron chi connectivity index (χ0n) is 13.8. The molecule has 0 fully saturated rings. The van der Waals surface area contributed by atoms with Crippen molar-refractivity contribution in [2.45, 2.75) is 22.3 Å². The van der Waals surface area contributed by atoms with Gasteiger partial charge in [-0.1, -0.05) is 77.1 Å². The molecule has 0 saturated carbocycles. The Balaban J connectivity index is 1.83. The van der Waals surface area contributed by atoms with Gasteiger partial charge >= 0.3 is 0 Å². The summed E-state index contributed by atoms with van der Waals surface area (Å²) in [6.07, 6.45) is 0.345. The molecule has 2 heterocycles. The van der Waals surface area contributed by atoms with Gasteiger partial charge in [-0.05, 0) is 24.1 Å². The molecule has 1 aliphatic heterocycles. The Labute approximate surface area is 160 Å². The maximum atomic E-state index is 13.5. The van der Waals surface area contributed by atoms with Gasteiger partial charge in [0.15, 0.2) is 4.08 Å². The monoisotopic (exact) mass is 406 g/mol. The fourth-order valence-electron chi connectivity index (χ4n) is 3.00. The Morgan fingerprint density at radius 1 is 1.15 bits per heavy atom. The highest BCUT2D eigenvalue weighted by atomic mass is 35.5. The van der Waals surface area contributed by atoms with Gasteiger partial charge in [-0.25, -0.2) is 13.1 Å². The molecular weight excluding hydrogens is 392 g/mol. The molecule has 8 heteroatoms. The SMILES string of the molecule is Cc1noc(NS(=O)(=O)C2(c3ccccc3)Cc3ccccc3S2)c1Cl.